The summed E-state index contributed by atoms with van der Waals surface area (Å²) in [5.41, 5.74) is 1.33. The molecule has 0 aliphatic carbocycles. The maximum absolute atomic E-state index is 11.7. The second-order valence-electron chi connectivity index (χ2n) is 5.42. The number of benzene rings is 1. The number of likely N-dealkylation sites (tertiary alicyclic amines) is 1. The summed E-state index contributed by atoms with van der Waals surface area (Å²) >= 11 is 5.61. The van der Waals surface area contributed by atoms with E-state index in [1.165, 1.54) is 5.56 Å². The van der Waals surface area contributed by atoms with E-state index in [0.29, 0.717) is 12.3 Å². The van der Waals surface area contributed by atoms with Crippen LogP contribution in [-0.2, 0) is 11.3 Å². The van der Waals surface area contributed by atoms with Crippen molar-refractivity contribution in [1.29, 1.82) is 0 Å². The average Bonchev–Trinajstić information content (AvgIpc) is 2.46. The van der Waals surface area contributed by atoms with Crippen LogP contribution in [0.4, 0.5) is 0 Å². The molecule has 0 radical (unpaired) electrons. The number of amides is 1. The molecule has 1 aromatic carbocycles. The highest BCUT2D eigenvalue weighted by Gasteiger charge is 2.21. The third-order valence-electron chi connectivity index (χ3n) is 3.66. The Bertz CT molecular complexity index is 410. The molecule has 20 heavy (non-hydrogen) atoms. The van der Waals surface area contributed by atoms with Gasteiger partial charge in [0, 0.05) is 31.4 Å². The van der Waals surface area contributed by atoms with Gasteiger partial charge >= 0.3 is 0 Å². The Hall–Kier alpha value is -1.06. The number of nitrogens with zero attached hydrogens (tertiary/aromatic N) is 1. The molecule has 0 spiro atoms. The predicted molar refractivity (Wildman–Crippen MR) is 82.8 cm³/mol. The molecular weight excluding hydrogens is 272 g/mol. The molecule has 4 heteroatoms. The number of rotatable bonds is 6. The van der Waals surface area contributed by atoms with Gasteiger partial charge in [-0.25, -0.2) is 0 Å². The third kappa shape index (κ3) is 5.14. The van der Waals surface area contributed by atoms with E-state index in [0.717, 1.165) is 38.9 Å². The second-order valence-corrected chi connectivity index (χ2v) is 5.80. The molecule has 0 saturated carbocycles. The van der Waals surface area contributed by atoms with E-state index in [1.807, 2.05) is 6.07 Å². The maximum Gasteiger partial charge on any atom is 0.220 e. The van der Waals surface area contributed by atoms with Gasteiger partial charge in [0.2, 0.25) is 5.91 Å². The zero-order chi connectivity index (χ0) is 14.2. The minimum Gasteiger partial charge on any atom is -0.352 e. The monoisotopic (exact) mass is 294 g/mol. The van der Waals surface area contributed by atoms with Gasteiger partial charge in [-0.15, -0.1) is 11.6 Å². The van der Waals surface area contributed by atoms with Crippen LogP contribution in [0.15, 0.2) is 30.3 Å². The molecule has 1 aliphatic heterocycles. The van der Waals surface area contributed by atoms with Crippen LogP contribution in [0, 0.1) is 0 Å². The van der Waals surface area contributed by atoms with Crippen LogP contribution in [-0.4, -0.2) is 35.8 Å². The van der Waals surface area contributed by atoms with Crippen molar-refractivity contribution in [2.24, 2.45) is 0 Å². The first kappa shape index (κ1) is 15.3. The number of carbonyl (C=O) groups excluding carboxylic acids is 1. The molecule has 1 N–H and O–H groups in total. The molecule has 0 bridgehead atoms. The van der Waals surface area contributed by atoms with Gasteiger partial charge < -0.3 is 5.32 Å². The molecule has 0 aromatic heterocycles. The van der Waals surface area contributed by atoms with Gasteiger partial charge in [-0.3, -0.25) is 9.69 Å². The van der Waals surface area contributed by atoms with Gasteiger partial charge in [0.25, 0.3) is 0 Å². The van der Waals surface area contributed by atoms with Crippen LogP contribution in [0.3, 0.4) is 0 Å². The Kier molecular flexibility index (Phi) is 6.34. The van der Waals surface area contributed by atoms with Crippen LogP contribution >= 0.6 is 11.6 Å². The van der Waals surface area contributed by atoms with Gasteiger partial charge in [-0.2, -0.15) is 0 Å². The maximum atomic E-state index is 11.7. The fourth-order valence-electron chi connectivity index (χ4n) is 2.69. The van der Waals surface area contributed by atoms with Gasteiger partial charge in [0.05, 0.1) is 0 Å². The summed E-state index contributed by atoms with van der Waals surface area (Å²) in [5.74, 6) is 0.690. The van der Waals surface area contributed by atoms with E-state index < -0.39 is 0 Å². The van der Waals surface area contributed by atoms with E-state index >= 15 is 0 Å². The van der Waals surface area contributed by atoms with Crippen molar-refractivity contribution >= 4 is 17.5 Å². The van der Waals surface area contributed by atoms with Crippen molar-refractivity contribution < 1.29 is 4.79 Å². The molecule has 2 rings (SSSR count). The van der Waals surface area contributed by atoms with E-state index in [4.69, 9.17) is 11.6 Å². The number of halogens is 1. The number of carbonyl (C=O) groups is 1. The molecule has 1 saturated heterocycles. The van der Waals surface area contributed by atoms with Gasteiger partial charge in [-0.05, 0) is 31.4 Å². The SMILES string of the molecule is O=C(CCCCl)NC1CCCN(Cc2ccccc2)C1. The first-order valence-corrected chi connectivity index (χ1v) is 7.93. The summed E-state index contributed by atoms with van der Waals surface area (Å²) in [4.78, 5) is 14.2. The van der Waals surface area contributed by atoms with Crippen molar-refractivity contribution in [2.75, 3.05) is 19.0 Å². The highest BCUT2D eigenvalue weighted by atomic mass is 35.5. The Morgan fingerprint density at radius 3 is 2.90 bits per heavy atom. The van der Waals surface area contributed by atoms with Crippen molar-refractivity contribution in [1.82, 2.24) is 10.2 Å². The lowest BCUT2D eigenvalue weighted by Crippen LogP contribution is -2.47. The number of piperidine rings is 1. The lowest BCUT2D eigenvalue weighted by atomic mass is 10.0. The lowest BCUT2D eigenvalue weighted by molar-refractivity contribution is -0.122. The first-order chi connectivity index (χ1) is 9.78. The Morgan fingerprint density at radius 2 is 2.15 bits per heavy atom. The van der Waals surface area contributed by atoms with Crippen molar-refractivity contribution in [3.8, 4) is 0 Å². The van der Waals surface area contributed by atoms with E-state index in [2.05, 4.69) is 34.5 Å². The first-order valence-electron chi connectivity index (χ1n) is 7.39. The quantitative estimate of drug-likeness (QED) is 0.818. The molecule has 1 amide bonds. The van der Waals surface area contributed by atoms with Crippen LogP contribution < -0.4 is 5.32 Å². The summed E-state index contributed by atoms with van der Waals surface area (Å²) in [6, 6.07) is 10.8. The van der Waals surface area contributed by atoms with Crippen LogP contribution in [0.2, 0.25) is 0 Å². The van der Waals surface area contributed by atoms with Crippen molar-refractivity contribution in [3.63, 3.8) is 0 Å². The molecule has 3 nitrogen and oxygen atoms in total. The number of nitrogens with one attached hydrogen (secondary N) is 1. The second kappa shape index (κ2) is 8.28. The smallest absolute Gasteiger partial charge is 0.220 e. The summed E-state index contributed by atoms with van der Waals surface area (Å²) in [6.45, 7) is 3.03. The fourth-order valence-corrected chi connectivity index (χ4v) is 2.82. The summed E-state index contributed by atoms with van der Waals surface area (Å²) < 4.78 is 0. The van der Waals surface area contributed by atoms with Gasteiger partial charge in [0.15, 0.2) is 0 Å². The standard InChI is InChI=1S/C16H23ClN2O/c17-10-4-9-16(20)18-15-8-5-11-19(13-15)12-14-6-2-1-3-7-14/h1-3,6-7,15H,4-5,8-13H2,(H,18,20). The Morgan fingerprint density at radius 1 is 1.35 bits per heavy atom. The molecule has 1 heterocycles. The normalized spacial score (nSPS) is 19.8. The van der Waals surface area contributed by atoms with E-state index in [9.17, 15) is 4.79 Å². The minimum atomic E-state index is 0.136. The Labute approximate surface area is 126 Å². The predicted octanol–water partition coefficient (Wildman–Crippen LogP) is 2.79. The fraction of sp³-hybridized carbons (Fsp3) is 0.562. The molecule has 1 atom stereocenters. The highest BCUT2D eigenvalue weighted by molar-refractivity contribution is 6.17. The van der Waals surface area contributed by atoms with Gasteiger partial charge in [0.1, 0.15) is 0 Å². The molecule has 1 aromatic rings. The van der Waals surface area contributed by atoms with Crippen LogP contribution in [0.25, 0.3) is 0 Å². The summed E-state index contributed by atoms with van der Waals surface area (Å²) in [5, 5.41) is 3.13. The molecule has 110 valence electrons. The molecular formula is C16H23ClN2O. The molecule has 1 unspecified atom stereocenters. The summed E-state index contributed by atoms with van der Waals surface area (Å²) in [6.07, 6.45) is 3.53. The van der Waals surface area contributed by atoms with Crippen LogP contribution in [0.5, 0.6) is 0 Å². The topological polar surface area (TPSA) is 32.3 Å². The van der Waals surface area contributed by atoms with Gasteiger partial charge in [-0.1, -0.05) is 30.3 Å². The van der Waals surface area contributed by atoms with E-state index in [1.54, 1.807) is 0 Å². The van der Waals surface area contributed by atoms with E-state index in [-0.39, 0.29) is 11.9 Å². The zero-order valence-electron chi connectivity index (χ0n) is 11.9. The van der Waals surface area contributed by atoms with Crippen molar-refractivity contribution in [3.05, 3.63) is 35.9 Å². The highest BCUT2D eigenvalue weighted by Crippen LogP contribution is 2.14. The zero-order valence-corrected chi connectivity index (χ0v) is 12.6. The average molecular weight is 295 g/mol. The number of hydrogen-bond acceptors (Lipinski definition) is 2. The molecule has 1 aliphatic rings. The lowest BCUT2D eigenvalue weighted by Gasteiger charge is -2.33. The molecule has 1 fully saturated rings. The number of hydrogen-bond donors (Lipinski definition) is 1. The largest absolute Gasteiger partial charge is 0.352 e. The third-order valence-corrected chi connectivity index (χ3v) is 3.92. The van der Waals surface area contributed by atoms with Crippen molar-refractivity contribution in [2.45, 2.75) is 38.3 Å². The summed E-state index contributed by atoms with van der Waals surface area (Å²) in [7, 11) is 0. The Balaban J connectivity index is 1.78. The number of alkyl halides is 1. The van der Waals surface area contributed by atoms with Crippen LogP contribution in [0.1, 0.15) is 31.2 Å². The minimum absolute atomic E-state index is 0.136.